The number of carbonyl (C=O) groups is 6. The van der Waals surface area contributed by atoms with Crippen molar-refractivity contribution < 1.29 is 57.8 Å². The Balaban J connectivity index is 1.30. The molecule has 19 heteroatoms. The molecule has 0 radical (unpaired) electrons. The lowest BCUT2D eigenvalue weighted by Crippen LogP contribution is -2.71. The van der Waals surface area contributed by atoms with Crippen LogP contribution in [0.2, 0.25) is 0 Å². The molecular formula is C32H35N6O11S2+. The number of fused-ring (bicyclic) bond motifs is 2. The van der Waals surface area contributed by atoms with Gasteiger partial charge < -0.3 is 40.1 Å². The van der Waals surface area contributed by atoms with Crippen molar-refractivity contribution in [2.24, 2.45) is 5.16 Å². The van der Waals surface area contributed by atoms with Crippen LogP contribution in [0.25, 0.3) is 0 Å². The minimum absolute atomic E-state index is 0.00165. The highest BCUT2D eigenvalue weighted by atomic mass is 32.2. The van der Waals surface area contributed by atoms with Gasteiger partial charge in [0.2, 0.25) is 5.60 Å². The standard InChI is InChI=1S/C32H34N6O11S2/c1-15(39)47-21-9-18-11-38(5,12-19(18)10-22(21)48-16(2)40)8-6-7-17-13-50-28-24(27(42)37(28)25(17)29(43)44)35-26(41)23(20-14-51-31(33)34-20)36-49-32(3,4)30(45)46/h6-7,9-10,14,24,28H,8,11-13H2,1-5H3,(H4-,33,34,35,41,43,44,45,46)/p+1/b7-6+,36-23-. The number of nitrogens with one attached hydrogen (secondary N) is 1. The molecule has 17 nitrogen and oxygen atoms in total. The van der Waals surface area contributed by atoms with Crippen LogP contribution in [0.1, 0.15) is 44.5 Å². The number of hydrogen-bond donors (Lipinski definition) is 4. The highest BCUT2D eigenvalue weighted by Crippen LogP contribution is 2.41. The zero-order valence-electron chi connectivity index (χ0n) is 28.1. The first-order valence-electron chi connectivity index (χ1n) is 15.3. The topological polar surface area (TPSA) is 237 Å². The summed E-state index contributed by atoms with van der Waals surface area (Å²) in [5.41, 5.74) is 5.53. The molecule has 1 aromatic carbocycles. The SMILES string of the molecule is CC(=O)Oc1cc2c(cc1OC(C)=O)C[N+](C)(C/C=C/C1=C(C(=O)O)N3C(=O)C(NC(=O)/C(=N\OC(C)(C)C(=O)O)c4csc(N)n4)C3SC1)C2. The van der Waals surface area contributed by atoms with Crippen molar-refractivity contribution in [3.63, 3.8) is 0 Å². The smallest absolute Gasteiger partial charge is 0.352 e. The van der Waals surface area contributed by atoms with E-state index < -0.39 is 58.4 Å². The lowest BCUT2D eigenvalue weighted by atomic mass is 10.0. The van der Waals surface area contributed by atoms with Gasteiger partial charge in [0.25, 0.3) is 11.8 Å². The summed E-state index contributed by atoms with van der Waals surface area (Å²) in [4.78, 5) is 84.2. The van der Waals surface area contributed by atoms with Gasteiger partial charge >= 0.3 is 23.9 Å². The van der Waals surface area contributed by atoms with Gasteiger partial charge in [-0.05, 0) is 37.6 Å². The van der Waals surface area contributed by atoms with E-state index in [9.17, 15) is 39.0 Å². The third-order valence-electron chi connectivity index (χ3n) is 8.09. The fourth-order valence-corrected chi connectivity index (χ4v) is 7.51. The number of quaternary nitrogens is 1. The van der Waals surface area contributed by atoms with E-state index >= 15 is 0 Å². The van der Waals surface area contributed by atoms with Crippen LogP contribution in [0.5, 0.6) is 11.5 Å². The van der Waals surface area contributed by atoms with E-state index in [1.54, 1.807) is 18.2 Å². The number of hydrogen-bond acceptors (Lipinski definition) is 14. The fourth-order valence-electron chi connectivity index (χ4n) is 5.65. The van der Waals surface area contributed by atoms with Crippen molar-refractivity contribution in [3.8, 4) is 11.5 Å². The number of anilines is 1. The van der Waals surface area contributed by atoms with Crippen molar-refractivity contribution in [3.05, 3.63) is 57.8 Å². The molecule has 1 saturated heterocycles. The molecule has 4 heterocycles. The van der Waals surface area contributed by atoms with Gasteiger partial charge in [-0.1, -0.05) is 11.2 Å². The van der Waals surface area contributed by atoms with E-state index in [0.29, 0.717) is 29.7 Å². The first-order valence-corrected chi connectivity index (χ1v) is 17.3. The van der Waals surface area contributed by atoms with Crippen LogP contribution >= 0.6 is 23.1 Å². The number of thiazole rings is 1. The third-order valence-corrected chi connectivity index (χ3v) is 10.1. The van der Waals surface area contributed by atoms with Crippen LogP contribution in [0.3, 0.4) is 0 Å². The molecule has 0 spiro atoms. The molecule has 2 aromatic rings. The van der Waals surface area contributed by atoms with Crippen molar-refractivity contribution in [1.29, 1.82) is 0 Å². The second-order valence-corrected chi connectivity index (χ2v) is 14.7. The van der Waals surface area contributed by atoms with Gasteiger partial charge in [-0.3, -0.25) is 24.1 Å². The number of rotatable bonds is 12. The lowest BCUT2D eigenvalue weighted by Gasteiger charge is -2.49. The molecule has 51 heavy (non-hydrogen) atoms. The van der Waals surface area contributed by atoms with E-state index in [-0.39, 0.29) is 33.8 Å². The number of carboxylic acid groups (broad SMARTS) is 2. The first kappa shape index (κ1) is 37.0. The number of ether oxygens (including phenoxy) is 2. The number of allylic oxidation sites excluding steroid dienone is 1. The number of nitrogen functional groups attached to an aromatic ring is 1. The molecule has 0 aliphatic carbocycles. The number of thioether (sulfide) groups is 1. The van der Waals surface area contributed by atoms with Gasteiger partial charge in [-0.2, -0.15) is 0 Å². The average Bonchev–Trinajstić information content (AvgIpc) is 3.60. The van der Waals surface area contributed by atoms with E-state index in [0.717, 1.165) is 27.4 Å². The highest BCUT2D eigenvalue weighted by Gasteiger charge is 2.54. The zero-order chi connectivity index (χ0) is 37.4. The van der Waals surface area contributed by atoms with Crippen LogP contribution in [0, 0.1) is 0 Å². The Morgan fingerprint density at radius 3 is 2.24 bits per heavy atom. The summed E-state index contributed by atoms with van der Waals surface area (Å²) in [6.45, 7) is 6.55. The Hall–Kier alpha value is -5.27. The van der Waals surface area contributed by atoms with Gasteiger partial charge in [-0.25, -0.2) is 14.6 Å². The summed E-state index contributed by atoms with van der Waals surface area (Å²) in [5, 5.41) is 26.6. The largest absolute Gasteiger partial charge is 0.478 e. The fraction of sp³-hybridized carbons (Fsp3) is 0.375. The van der Waals surface area contributed by atoms with Crippen LogP contribution in [-0.2, 0) is 46.7 Å². The van der Waals surface area contributed by atoms with E-state index in [1.165, 1.54) is 44.8 Å². The second kappa shape index (κ2) is 14.2. The molecule has 5 N–H and O–H groups in total. The summed E-state index contributed by atoms with van der Waals surface area (Å²) in [6, 6.07) is 2.25. The first-order chi connectivity index (χ1) is 23.9. The van der Waals surface area contributed by atoms with E-state index in [4.69, 9.17) is 20.0 Å². The number of benzene rings is 1. The van der Waals surface area contributed by atoms with Crippen molar-refractivity contribution in [2.45, 2.75) is 57.8 Å². The summed E-state index contributed by atoms with van der Waals surface area (Å²) >= 11 is 2.27. The number of nitrogens with zero attached hydrogens (tertiary/aromatic N) is 4. The number of carboxylic acids is 2. The molecule has 270 valence electrons. The Bertz CT molecular complexity index is 1890. The average molecular weight is 744 g/mol. The number of aliphatic carboxylic acids is 2. The number of esters is 2. The molecule has 2 unspecified atom stereocenters. The molecule has 1 aromatic heterocycles. The number of aromatic nitrogens is 1. The van der Waals surface area contributed by atoms with E-state index in [1.807, 2.05) is 13.1 Å². The monoisotopic (exact) mass is 743 g/mol. The van der Waals surface area contributed by atoms with Crippen LogP contribution in [-0.4, -0.2) is 102 Å². The Labute approximate surface area is 299 Å². The van der Waals surface area contributed by atoms with Crippen LogP contribution < -0.4 is 20.5 Å². The predicted octanol–water partition coefficient (Wildman–Crippen LogP) is 1.62. The highest BCUT2D eigenvalue weighted by molar-refractivity contribution is 8.00. The Kier molecular flexibility index (Phi) is 10.3. The maximum atomic E-state index is 13.3. The molecule has 1 fully saturated rings. The number of nitrogens with two attached hydrogens (primary N) is 1. The molecule has 3 aliphatic rings. The minimum atomic E-state index is -1.79. The van der Waals surface area contributed by atoms with Crippen molar-refractivity contribution in [1.82, 2.24) is 15.2 Å². The van der Waals surface area contributed by atoms with Gasteiger partial charge in [-0.15, -0.1) is 23.1 Å². The normalized spacial score (nSPS) is 19.6. The molecule has 3 aliphatic heterocycles. The lowest BCUT2D eigenvalue weighted by molar-refractivity contribution is -0.923. The number of carbonyl (C=O) groups excluding carboxylic acids is 4. The molecular weight excluding hydrogens is 709 g/mol. The number of amides is 2. The molecule has 2 amide bonds. The maximum absolute atomic E-state index is 13.3. The van der Waals surface area contributed by atoms with Gasteiger partial charge in [0.15, 0.2) is 22.3 Å². The second-order valence-electron chi connectivity index (χ2n) is 12.7. The van der Waals surface area contributed by atoms with Crippen molar-refractivity contribution in [2.75, 3.05) is 25.1 Å². The maximum Gasteiger partial charge on any atom is 0.352 e. The summed E-state index contributed by atoms with van der Waals surface area (Å²) in [6.07, 6.45) is 3.50. The van der Waals surface area contributed by atoms with E-state index in [2.05, 4.69) is 15.5 Å². The van der Waals surface area contributed by atoms with Gasteiger partial charge in [0.05, 0.1) is 13.6 Å². The number of oxime groups is 1. The van der Waals surface area contributed by atoms with Gasteiger partial charge in [0, 0.05) is 36.1 Å². The van der Waals surface area contributed by atoms with Gasteiger partial charge in [0.1, 0.15) is 35.9 Å². The Morgan fingerprint density at radius 1 is 1.12 bits per heavy atom. The predicted molar refractivity (Wildman–Crippen MR) is 182 cm³/mol. The summed E-state index contributed by atoms with van der Waals surface area (Å²) < 4.78 is 11.0. The zero-order valence-corrected chi connectivity index (χ0v) is 29.8. The van der Waals surface area contributed by atoms with Crippen molar-refractivity contribution >= 4 is 69.6 Å². The molecule has 5 rings (SSSR count). The minimum Gasteiger partial charge on any atom is -0.478 e. The number of β-lactam (4-membered cyclic amide) rings is 1. The summed E-state index contributed by atoms with van der Waals surface area (Å²) in [5.74, 6) is -4.81. The van der Waals surface area contributed by atoms with Crippen LogP contribution in [0.15, 0.2) is 46.1 Å². The Morgan fingerprint density at radius 2 is 1.73 bits per heavy atom. The van der Waals surface area contributed by atoms with Crippen LogP contribution in [0.4, 0.5) is 5.13 Å². The quantitative estimate of drug-likeness (QED) is 0.0604. The molecule has 0 bridgehead atoms. The molecule has 0 saturated carbocycles. The number of likely N-dealkylation sites (N-methyl/N-ethyl adjacent to an activating group) is 1. The molecule has 2 atom stereocenters. The summed E-state index contributed by atoms with van der Waals surface area (Å²) in [7, 11) is 2.00. The third kappa shape index (κ3) is 7.89.